The van der Waals surface area contributed by atoms with Gasteiger partial charge in [0.25, 0.3) is 5.91 Å². The van der Waals surface area contributed by atoms with Crippen LogP contribution in [0.15, 0.2) is 23.8 Å². The van der Waals surface area contributed by atoms with Gasteiger partial charge in [-0.25, -0.2) is 22.8 Å². The number of anilines is 3. The number of aromatic nitrogens is 2. The molecule has 0 spiro atoms. The van der Waals surface area contributed by atoms with E-state index in [1.807, 2.05) is 11.6 Å². The van der Waals surface area contributed by atoms with Crippen molar-refractivity contribution in [1.29, 1.82) is 0 Å². The Bertz CT molecular complexity index is 1220. The smallest absolute Gasteiger partial charge is 0.258 e. The van der Waals surface area contributed by atoms with Crippen molar-refractivity contribution in [2.75, 3.05) is 34.3 Å². The number of alkyl halides is 1. The molecule has 3 aromatic rings. The molecule has 0 fully saturated rings. The fourth-order valence-corrected chi connectivity index (χ4v) is 4.94. The molecule has 31 heavy (non-hydrogen) atoms. The van der Waals surface area contributed by atoms with Crippen LogP contribution in [0.25, 0.3) is 10.2 Å². The molecule has 2 heterocycles. The summed E-state index contributed by atoms with van der Waals surface area (Å²) in [5.41, 5.74) is -0.234. The van der Waals surface area contributed by atoms with E-state index in [0.717, 1.165) is 6.07 Å². The van der Waals surface area contributed by atoms with Gasteiger partial charge in [0.05, 0.1) is 44.6 Å². The lowest BCUT2D eigenvalue weighted by atomic mass is 10.2. The Balaban J connectivity index is 1.90. The van der Waals surface area contributed by atoms with Gasteiger partial charge in [-0.2, -0.15) is 0 Å². The monoisotopic (exact) mass is 489 g/mol. The highest BCUT2D eigenvalue weighted by molar-refractivity contribution is 7.92. The highest BCUT2D eigenvalue weighted by Crippen LogP contribution is 2.33. The number of nitrogens with one attached hydrogen (secondary N) is 3. The van der Waals surface area contributed by atoms with Gasteiger partial charge in [0, 0.05) is 11.9 Å². The summed E-state index contributed by atoms with van der Waals surface area (Å²) in [6, 6.07) is 2.36. The molecule has 3 rings (SSSR count). The summed E-state index contributed by atoms with van der Waals surface area (Å²) in [5.74, 6) is -1.68. The first-order chi connectivity index (χ1) is 14.8. The van der Waals surface area contributed by atoms with Crippen LogP contribution in [-0.4, -0.2) is 43.3 Å². The Morgan fingerprint density at radius 2 is 2.06 bits per heavy atom. The molecule has 0 saturated heterocycles. The van der Waals surface area contributed by atoms with Crippen molar-refractivity contribution in [3.05, 3.63) is 40.2 Å². The molecule has 0 aliphatic heterocycles. The van der Waals surface area contributed by atoms with Gasteiger partial charge < -0.3 is 10.6 Å². The number of halogens is 3. The molecule has 3 N–H and O–H groups in total. The van der Waals surface area contributed by atoms with E-state index < -0.39 is 45.5 Å². The SMILES string of the molecule is CCNc1ncnc2c(C(=O)Nc3c(Cl)ccc(NS(=O)(=O)CCCF)c3F)csc12. The van der Waals surface area contributed by atoms with Gasteiger partial charge in [-0.15, -0.1) is 11.3 Å². The van der Waals surface area contributed by atoms with Crippen molar-refractivity contribution in [3.63, 3.8) is 0 Å². The number of nitrogens with zero attached hydrogens (tertiary/aromatic N) is 2. The largest absolute Gasteiger partial charge is 0.369 e. The van der Waals surface area contributed by atoms with E-state index in [-0.39, 0.29) is 17.0 Å². The van der Waals surface area contributed by atoms with Crippen LogP contribution < -0.4 is 15.4 Å². The molecular formula is C18H18ClF2N5O3S2. The summed E-state index contributed by atoms with van der Waals surface area (Å²) in [6.07, 6.45) is 1.08. The minimum absolute atomic E-state index is 0.125. The quantitative estimate of drug-likeness (QED) is 0.413. The molecule has 13 heteroatoms. The highest BCUT2D eigenvalue weighted by atomic mass is 35.5. The van der Waals surface area contributed by atoms with Crippen LogP contribution in [0.5, 0.6) is 0 Å². The first kappa shape index (κ1) is 23.1. The molecular weight excluding hydrogens is 472 g/mol. The van der Waals surface area contributed by atoms with E-state index in [2.05, 4.69) is 20.6 Å². The van der Waals surface area contributed by atoms with Crippen LogP contribution in [0, 0.1) is 5.82 Å². The summed E-state index contributed by atoms with van der Waals surface area (Å²) in [5, 5.41) is 6.89. The number of benzene rings is 1. The maximum atomic E-state index is 14.9. The summed E-state index contributed by atoms with van der Waals surface area (Å²) in [4.78, 5) is 21.1. The van der Waals surface area contributed by atoms with E-state index in [9.17, 15) is 22.0 Å². The summed E-state index contributed by atoms with van der Waals surface area (Å²) in [7, 11) is -3.97. The van der Waals surface area contributed by atoms with E-state index in [0.29, 0.717) is 22.6 Å². The number of sulfonamides is 1. The third-order valence-corrected chi connectivity index (χ3v) is 6.73. The molecule has 0 atom stereocenters. The molecule has 8 nitrogen and oxygen atoms in total. The summed E-state index contributed by atoms with van der Waals surface area (Å²) in [6.45, 7) is 1.71. The Hall–Kier alpha value is -2.57. The van der Waals surface area contributed by atoms with Crippen LogP contribution in [0.1, 0.15) is 23.7 Å². The molecule has 1 aromatic carbocycles. The summed E-state index contributed by atoms with van der Waals surface area (Å²) >= 11 is 7.28. The number of amides is 1. The molecule has 1 amide bonds. The van der Waals surface area contributed by atoms with E-state index in [1.165, 1.54) is 23.7 Å². The van der Waals surface area contributed by atoms with Crippen molar-refractivity contribution in [2.45, 2.75) is 13.3 Å². The average molecular weight is 490 g/mol. The number of carbonyl (C=O) groups is 1. The number of rotatable bonds is 9. The standard InChI is InChI=1S/C18H18ClF2N5O3S2/c1-2-22-17-16-14(23-9-24-17)10(8-30-16)18(27)25-15-11(19)4-5-12(13(15)21)26-31(28,29)7-3-6-20/h4-5,8-9,26H,2-3,6-7H2,1H3,(H,25,27)(H,22,23,24). The minimum atomic E-state index is -3.97. The number of hydrogen-bond donors (Lipinski definition) is 3. The van der Waals surface area contributed by atoms with Crippen LogP contribution >= 0.6 is 22.9 Å². The third-order valence-electron chi connectivity index (χ3n) is 4.08. The Morgan fingerprint density at radius 3 is 2.77 bits per heavy atom. The van der Waals surface area contributed by atoms with Crippen LogP contribution in [0.4, 0.5) is 26.0 Å². The van der Waals surface area contributed by atoms with Crippen molar-refractivity contribution < 1.29 is 22.0 Å². The van der Waals surface area contributed by atoms with E-state index >= 15 is 0 Å². The lowest BCUT2D eigenvalue weighted by molar-refractivity contribution is 0.102. The molecule has 0 saturated carbocycles. The Labute approximate surface area is 186 Å². The predicted octanol–water partition coefficient (Wildman–Crippen LogP) is 4.27. The van der Waals surface area contributed by atoms with Gasteiger partial charge in [-0.05, 0) is 25.5 Å². The molecule has 0 radical (unpaired) electrons. The average Bonchev–Trinajstić information content (AvgIpc) is 3.17. The third kappa shape index (κ3) is 5.20. The zero-order valence-electron chi connectivity index (χ0n) is 16.2. The van der Waals surface area contributed by atoms with Gasteiger partial charge >= 0.3 is 0 Å². The maximum absolute atomic E-state index is 14.9. The van der Waals surface area contributed by atoms with Crippen molar-refractivity contribution in [3.8, 4) is 0 Å². The van der Waals surface area contributed by atoms with Gasteiger partial charge in [0.1, 0.15) is 12.1 Å². The zero-order chi connectivity index (χ0) is 22.6. The van der Waals surface area contributed by atoms with Crippen LogP contribution in [0.3, 0.4) is 0 Å². The Kier molecular flexibility index (Phi) is 7.23. The number of fused-ring (bicyclic) bond motifs is 1. The molecule has 0 unspecified atom stereocenters. The van der Waals surface area contributed by atoms with Crippen molar-refractivity contribution >= 4 is 66.3 Å². The van der Waals surface area contributed by atoms with Crippen LogP contribution in [-0.2, 0) is 10.0 Å². The summed E-state index contributed by atoms with van der Waals surface area (Å²) < 4.78 is 53.8. The first-order valence-electron chi connectivity index (χ1n) is 9.09. The topological polar surface area (TPSA) is 113 Å². The second-order valence-electron chi connectivity index (χ2n) is 6.28. The second kappa shape index (κ2) is 9.71. The molecule has 0 aliphatic carbocycles. The van der Waals surface area contributed by atoms with Gasteiger partial charge in [-0.1, -0.05) is 11.6 Å². The zero-order valence-corrected chi connectivity index (χ0v) is 18.6. The number of hydrogen-bond acceptors (Lipinski definition) is 7. The van der Waals surface area contributed by atoms with Gasteiger partial charge in [0.15, 0.2) is 5.82 Å². The van der Waals surface area contributed by atoms with Gasteiger partial charge in [0.2, 0.25) is 10.0 Å². The molecule has 2 aromatic heterocycles. The highest BCUT2D eigenvalue weighted by Gasteiger charge is 2.22. The normalized spacial score (nSPS) is 11.5. The van der Waals surface area contributed by atoms with Crippen LogP contribution in [0.2, 0.25) is 5.02 Å². The first-order valence-corrected chi connectivity index (χ1v) is 12.0. The lowest BCUT2D eigenvalue weighted by Crippen LogP contribution is -2.19. The predicted molar refractivity (Wildman–Crippen MR) is 119 cm³/mol. The fraction of sp³-hybridized carbons (Fsp3) is 0.278. The number of carbonyl (C=O) groups excluding carboxylic acids is 1. The van der Waals surface area contributed by atoms with E-state index in [4.69, 9.17) is 11.6 Å². The van der Waals surface area contributed by atoms with Crippen molar-refractivity contribution in [2.24, 2.45) is 0 Å². The maximum Gasteiger partial charge on any atom is 0.258 e. The second-order valence-corrected chi connectivity index (χ2v) is 9.41. The van der Waals surface area contributed by atoms with Gasteiger partial charge in [-0.3, -0.25) is 13.9 Å². The van der Waals surface area contributed by atoms with E-state index in [1.54, 1.807) is 5.38 Å². The molecule has 166 valence electrons. The molecule has 0 aliphatic rings. The lowest BCUT2D eigenvalue weighted by Gasteiger charge is -2.13. The van der Waals surface area contributed by atoms with Crippen molar-refractivity contribution in [1.82, 2.24) is 9.97 Å². The number of thiophene rings is 1. The Morgan fingerprint density at radius 1 is 1.29 bits per heavy atom. The molecule has 0 bridgehead atoms. The minimum Gasteiger partial charge on any atom is -0.369 e. The fourth-order valence-electron chi connectivity index (χ4n) is 2.70.